The number of halogens is 1. The zero-order valence-corrected chi connectivity index (χ0v) is 12.0. The van der Waals surface area contributed by atoms with Crippen molar-refractivity contribution in [3.05, 3.63) is 40.6 Å². The smallest absolute Gasteiger partial charge is 0.336 e. The Bertz CT molecular complexity index is 668. The van der Waals surface area contributed by atoms with Gasteiger partial charge in [0.15, 0.2) is 0 Å². The molecule has 0 aliphatic heterocycles. The largest absolute Gasteiger partial charge is 0.478 e. The van der Waals surface area contributed by atoms with Crippen molar-refractivity contribution in [3.63, 3.8) is 0 Å². The normalized spacial score (nSPS) is 10.1. The topological polar surface area (TPSA) is 96.2 Å². The number of aryl methyl sites for hydroxylation is 1. The molecule has 0 bridgehead atoms. The van der Waals surface area contributed by atoms with Crippen LogP contribution in [0.2, 0.25) is 0 Å². The third kappa shape index (κ3) is 3.35. The molecule has 0 aliphatic carbocycles. The van der Waals surface area contributed by atoms with Gasteiger partial charge >= 0.3 is 12.0 Å². The molecule has 0 atom stereocenters. The summed E-state index contributed by atoms with van der Waals surface area (Å²) in [6, 6.07) is 4.05. The second-order valence-electron chi connectivity index (χ2n) is 3.98. The second kappa shape index (κ2) is 5.74. The molecule has 0 fully saturated rings. The third-order valence-electron chi connectivity index (χ3n) is 2.42. The van der Waals surface area contributed by atoms with Gasteiger partial charge in [-0.3, -0.25) is 4.68 Å². The maximum Gasteiger partial charge on any atom is 0.336 e. The number of carboxylic acid groups (broad SMARTS) is 1. The lowest BCUT2D eigenvalue weighted by Gasteiger charge is -2.07. The molecule has 0 unspecified atom stereocenters. The number of urea groups is 1. The number of anilines is 2. The standard InChI is InChI=1S/C12H11BrN4O3/c1-17-6-8(5-14-17)16-12(20)15-7-2-3-10(13)9(4-7)11(18)19/h2-6H,1H3,(H,18,19)(H2,15,16,20). The van der Waals surface area contributed by atoms with E-state index in [0.29, 0.717) is 15.8 Å². The summed E-state index contributed by atoms with van der Waals surface area (Å²) in [5.74, 6) is -1.08. The fourth-order valence-electron chi connectivity index (χ4n) is 1.55. The summed E-state index contributed by atoms with van der Waals surface area (Å²) in [5, 5.41) is 18.0. The lowest BCUT2D eigenvalue weighted by Crippen LogP contribution is -2.19. The molecule has 1 aromatic carbocycles. The molecule has 2 aromatic rings. The molecule has 0 radical (unpaired) electrons. The molecule has 0 aliphatic rings. The van der Waals surface area contributed by atoms with Crippen molar-refractivity contribution in [2.45, 2.75) is 0 Å². The first-order chi connectivity index (χ1) is 9.45. The second-order valence-corrected chi connectivity index (χ2v) is 4.84. The van der Waals surface area contributed by atoms with Crippen LogP contribution in [0.4, 0.5) is 16.2 Å². The van der Waals surface area contributed by atoms with Crippen LogP contribution in [0.25, 0.3) is 0 Å². The Kier molecular flexibility index (Phi) is 4.04. The molecule has 7 nitrogen and oxygen atoms in total. The summed E-state index contributed by atoms with van der Waals surface area (Å²) >= 11 is 3.13. The number of carboxylic acids is 1. The number of nitrogens with zero attached hydrogens (tertiary/aromatic N) is 2. The van der Waals surface area contributed by atoms with E-state index in [1.54, 1.807) is 30.1 Å². The average Bonchev–Trinajstić information content (AvgIpc) is 2.76. The Labute approximate surface area is 122 Å². The van der Waals surface area contributed by atoms with Crippen LogP contribution in [-0.4, -0.2) is 26.9 Å². The number of aromatic nitrogens is 2. The van der Waals surface area contributed by atoms with Crippen molar-refractivity contribution in [1.82, 2.24) is 9.78 Å². The van der Waals surface area contributed by atoms with Crippen molar-refractivity contribution >= 4 is 39.3 Å². The number of benzene rings is 1. The SMILES string of the molecule is Cn1cc(NC(=O)Nc2ccc(Br)c(C(=O)O)c2)cn1. The summed E-state index contributed by atoms with van der Waals surface area (Å²) in [6.45, 7) is 0. The molecule has 0 saturated carbocycles. The average molecular weight is 339 g/mol. The number of amides is 2. The quantitative estimate of drug-likeness (QED) is 0.801. The van der Waals surface area contributed by atoms with Gasteiger partial charge in [-0.1, -0.05) is 0 Å². The predicted molar refractivity (Wildman–Crippen MR) is 77.0 cm³/mol. The highest BCUT2D eigenvalue weighted by Gasteiger charge is 2.10. The maximum absolute atomic E-state index is 11.7. The van der Waals surface area contributed by atoms with Crippen molar-refractivity contribution in [2.75, 3.05) is 10.6 Å². The van der Waals surface area contributed by atoms with Gasteiger partial charge < -0.3 is 15.7 Å². The van der Waals surface area contributed by atoms with Crippen molar-refractivity contribution in [1.29, 1.82) is 0 Å². The number of carbonyl (C=O) groups is 2. The molecule has 1 aromatic heterocycles. The number of rotatable bonds is 3. The number of hydrogen-bond donors (Lipinski definition) is 3. The highest BCUT2D eigenvalue weighted by atomic mass is 79.9. The lowest BCUT2D eigenvalue weighted by atomic mass is 10.2. The number of hydrogen-bond acceptors (Lipinski definition) is 3. The van der Waals surface area contributed by atoms with E-state index in [9.17, 15) is 9.59 Å². The zero-order chi connectivity index (χ0) is 14.7. The first kappa shape index (κ1) is 14.1. The van der Waals surface area contributed by atoms with Crippen molar-refractivity contribution in [2.24, 2.45) is 7.05 Å². The Morgan fingerprint density at radius 2 is 2.00 bits per heavy atom. The van der Waals surface area contributed by atoms with Gasteiger partial charge in [-0.15, -0.1) is 0 Å². The van der Waals surface area contributed by atoms with E-state index in [4.69, 9.17) is 5.11 Å². The molecule has 0 saturated heterocycles. The Hall–Kier alpha value is -2.35. The number of carbonyl (C=O) groups excluding carboxylic acids is 1. The van der Waals surface area contributed by atoms with Gasteiger partial charge in [0.2, 0.25) is 0 Å². The minimum Gasteiger partial charge on any atom is -0.478 e. The van der Waals surface area contributed by atoms with Gasteiger partial charge in [-0.25, -0.2) is 9.59 Å². The summed E-state index contributed by atoms with van der Waals surface area (Å²) < 4.78 is 2.00. The minimum absolute atomic E-state index is 0.0733. The summed E-state index contributed by atoms with van der Waals surface area (Å²) in [7, 11) is 1.73. The van der Waals surface area contributed by atoms with Gasteiger partial charge in [0.25, 0.3) is 0 Å². The maximum atomic E-state index is 11.7. The van der Waals surface area contributed by atoms with Gasteiger partial charge in [-0.05, 0) is 34.1 Å². The predicted octanol–water partition coefficient (Wildman–Crippen LogP) is 2.52. The van der Waals surface area contributed by atoms with E-state index in [1.165, 1.54) is 12.3 Å². The molecule has 20 heavy (non-hydrogen) atoms. The monoisotopic (exact) mass is 338 g/mol. The molecule has 104 valence electrons. The summed E-state index contributed by atoms with van der Waals surface area (Å²) in [4.78, 5) is 22.7. The van der Waals surface area contributed by atoms with Crippen LogP contribution in [0.1, 0.15) is 10.4 Å². The lowest BCUT2D eigenvalue weighted by molar-refractivity contribution is 0.0696. The van der Waals surface area contributed by atoms with Crippen LogP contribution < -0.4 is 10.6 Å². The van der Waals surface area contributed by atoms with E-state index in [1.807, 2.05) is 0 Å². The highest BCUT2D eigenvalue weighted by Crippen LogP contribution is 2.21. The van der Waals surface area contributed by atoms with Crippen LogP contribution in [0.15, 0.2) is 35.1 Å². The van der Waals surface area contributed by atoms with Crippen LogP contribution in [0, 0.1) is 0 Å². The molecule has 8 heteroatoms. The van der Waals surface area contributed by atoms with E-state index >= 15 is 0 Å². The Morgan fingerprint density at radius 1 is 1.30 bits per heavy atom. The molecular weight excluding hydrogens is 328 g/mol. The van der Waals surface area contributed by atoms with E-state index in [-0.39, 0.29) is 5.56 Å². The number of aromatic carboxylic acids is 1. The van der Waals surface area contributed by atoms with E-state index in [2.05, 4.69) is 31.7 Å². The fourth-order valence-corrected chi connectivity index (χ4v) is 1.96. The van der Waals surface area contributed by atoms with Crippen LogP contribution in [0.5, 0.6) is 0 Å². The Morgan fingerprint density at radius 3 is 2.60 bits per heavy atom. The van der Waals surface area contributed by atoms with E-state index < -0.39 is 12.0 Å². The van der Waals surface area contributed by atoms with Gasteiger partial charge in [-0.2, -0.15) is 5.10 Å². The first-order valence-corrected chi connectivity index (χ1v) is 6.34. The zero-order valence-electron chi connectivity index (χ0n) is 10.4. The highest BCUT2D eigenvalue weighted by molar-refractivity contribution is 9.10. The van der Waals surface area contributed by atoms with Crippen molar-refractivity contribution < 1.29 is 14.7 Å². The van der Waals surface area contributed by atoms with Gasteiger partial charge in [0, 0.05) is 23.4 Å². The van der Waals surface area contributed by atoms with Gasteiger partial charge in [0.1, 0.15) is 0 Å². The number of nitrogens with one attached hydrogen (secondary N) is 2. The van der Waals surface area contributed by atoms with E-state index in [0.717, 1.165) is 0 Å². The first-order valence-electron chi connectivity index (χ1n) is 5.55. The molecule has 2 amide bonds. The fraction of sp³-hybridized carbons (Fsp3) is 0.0833. The summed E-state index contributed by atoms with van der Waals surface area (Å²) in [5.41, 5.74) is 0.997. The Balaban J connectivity index is 2.08. The minimum atomic E-state index is -1.08. The molecular formula is C12H11BrN4O3. The van der Waals surface area contributed by atoms with Crippen LogP contribution in [-0.2, 0) is 7.05 Å². The van der Waals surface area contributed by atoms with Crippen molar-refractivity contribution in [3.8, 4) is 0 Å². The summed E-state index contributed by atoms with van der Waals surface area (Å²) in [6.07, 6.45) is 3.15. The molecule has 1 heterocycles. The molecule has 3 N–H and O–H groups in total. The molecule has 0 spiro atoms. The molecule has 2 rings (SSSR count). The van der Waals surface area contributed by atoms with Crippen LogP contribution in [0.3, 0.4) is 0 Å². The third-order valence-corrected chi connectivity index (χ3v) is 3.11. The van der Waals surface area contributed by atoms with Gasteiger partial charge in [0.05, 0.1) is 17.4 Å². The van der Waals surface area contributed by atoms with Crippen LogP contribution >= 0.6 is 15.9 Å².